The second-order valence-electron chi connectivity index (χ2n) is 3.49. The maximum absolute atomic E-state index is 5.60. The van der Waals surface area contributed by atoms with Crippen LogP contribution >= 0.6 is 11.6 Å². The summed E-state index contributed by atoms with van der Waals surface area (Å²) in [5.41, 5.74) is 1.99. The highest BCUT2D eigenvalue weighted by atomic mass is 35.5. The maximum atomic E-state index is 5.60. The highest BCUT2D eigenvalue weighted by Crippen LogP contribution is 2.19. The van der Waals surface area contributed by atoms with Crippen LogP contribution in [-0.4, -0.2) is 21.0 Å². The number of alkyl halides is 1. The van der Waals surface area contributed by atoms with Crippen molar-refractivity contribution in [3.8, 4) is 11.4 Å². The fraction of sp³-hybridized carbons (Fsp3) is 0.364. The zero-order valence-corrected chi connectivity index (χ0v) is 9.74. The Morgan fingerprint density at radius 2 is 2.31 bits per heavy atom. The zero-order valence-electron chi connectivity index (χ0n) is 8.98. The molecule has 2 rings (SSSR count). The molecule has 0 N–H and O–H groups in total. The van der Waals surface area contributed by atoms with Crippen LogP contribution in [0.5, 0.6) is 0 Å². The summed E-state index contributed by atoms with van der Waals surface area (Å²) in [7, 11) is 0. The van der Waals surface area contributed by atoms with E-state index in [0.717, 1.165) is 24.0 Å². The Hall–Kier alpha value is -1.42. The zero-order chi connectivity index (χ0) is 11.4. The average molecular weight is 238 g/mol. The van der Waals surface area contributed by atoms with Gasteiger partial charge in [-0.05, 0) is 25.0 Å². The van der Waals surface area contributed by atoms with E-state index in [1.165, 1.54) is 0 Å². The van der Waals surface area contributed by atoms with Crippen molar-refractivity contribution in [2.45, 2.75) is 19.8 Å². The van der Waals surface area contributed by atoms with Gasteiger partial charge in [-0.1, -0.05) is 5.16 Å². The molecule has 0 saturated carbocycles. The number of aryl methyl sites for hydroxylation is 2. The number of pyridine rings is 1. The molecule has 0 aliphatic rings. The quantitative estimate of drug-likeness (QED) is 0.767. The molecular formula is C11H12ClN3O. The van der Waals surface area contributed by atoms with E-state index in [4.69, 9.17) is 16.1 Å². The van der Waals surface area contributed by atoms with Crippen molar-refractivity contribution in [3.63, 3.8) is 0 Å². The lowest BCUT2D eigenvalue weighted by atomic mass is 10.1. The number of rotatable bonds is 4. The van der Waals surface area contributed by atoms with Gasteiger partial charge in [-0.25, -0.2) is 0 Å². The highest BCUT2D eigenvalue weighted by Gasteiger charge is 2.09. The van der Waals surface area contributed by atoms with Crippen LogP contribution in [0.15, 0.2) is 23.0 Å². The number of hydrogen-bond donors (Lipinski definition) is 0. The summed E-state index contributed by atoms with van der Waals surface area (Å²) in [6.45, 7) is 1.97. The van der Waals surface area contributed by atoms with E-state index < -0.39 is 0 Å². The Labute approximate surface area is 98.7 Å². The first-order valence-corrected chi connectivity index (χ1v) is 5.64. The molecule has 2 heterocycles. The molecular weight excluding hydrogens is 226 g/mol. The van der Waals surface area contributed by atoms with Crippen LogP contribution in [0.25, 0.3) is 11.4 Å². The second kappa shape index (κ2) is 5.07. The summed E-state index contributed by atoms with van der Waals surface area (Å²) in [5.74, 6) is 1.85. The third kappa shape index (κ3) is 2.39. The predicted molar refractivity (Wildman–Crippen MR) is 61.3 cm³/mol. The van der Waals surface area contributed by atoms with Gasteiger partial charge in [0.25, 0.3) is 0 Å². The van der Waals surface area contributed by atoms with Crippen LogP contribution in [0.4, 0.5) is 0 Å². The summed E-state index contributed by atoms with van der Waals surface area (Å²) in [6, 6.07) is 1.88. The number of nitrogens with zero attached hydrogens (tertiary/aromatic N) is 3. The minimum atomic E-state index is 0.603. The van der Waals surface area contributed by atoms with E-state index in [9.17, 15) is 0 Å². The van der Waals surface area contributed by atoms with Gasteiger partial charge in [-0.3, -0.25) is 4.98 Å². The molecule has 0 amide bonds. The fourth-order valence-corrected chi connectivity index (χ4v) is 1.54. The van der Waals surface area contributed by atoms with Crippen molar-refractivity contribution in [1.82, 2.24) is 15.1 Å². The predicted octanol–water partition coefficient (Wildman–Crippen LogP) is 2.61. The Kier molecular flexibility index (Phi) is 3.51. The molecule has 16 heavy (non-hydrogen) atoms. The summed E-state index contributed by atoms with van der Waals surface area (Å²) in [4.78, 5) is 8.34. The third-order valence-electron chi connectivity index (χ3n) is 2.25. The highest BCUT2D eigenvalue weighted by molar-refractivity contribution is 6.17. The van der Waals surface area contributed by atoms with Crippen molar-refractivity contribution in [1.29, 1.82) is 0 Å². The Bertz CT molecular complexity index is 470. The van der Waals surface area contributed by atoms with Gasteiger partial charge < -0.3 is 4.52 Å². The van der Waals surface area contributed by atoms with Gasteiger partial charge in [-0.15, -0.1) is 11.6 Å². The molecule has 84 valence electrons. The van der Waals surface area contributed by atoms with Crippen molar-refractivity contribution >= 4 is 11.6 Å². The van der Waals surface area contributed by atoms with Crippen LogP contribution in [0, 0.1) is 6.92 Å². The van der Waals surface area contributed by atoms with Crippen LogP contribution in [0.2, 0.25) is 0 Å². The smallest absolute Gasteiger partial charge is 0.227 e. The lowest BCUT2D eigenvalue weighted by molar-refractivity contribution is 0.378. The number of hydrogen-bond acceptors (Lipinski definition) is 4. The lowest BCUT2D eigenvalue weighted by Crippen LogP contribution is -1.88. The number of aromatic nitrogens is 3. The van der Waals surface area contributed by atoms with Crippen LogP contribution in [0.3, 0.4) is 0 Å². The molecule has 2 aromatic rings. The minimum absolute atomic E-state index is 0.603. The molecule has 0 spiro atoms. The summed E-state index contributed by atoms with van der Waals surface area (Å²) < 4.78 is 5.14. The monoisotopic (exact) mass is 237 g/mol. The second-order valence-corrected chi connectivity index (χ2v) is 3.87. The standard InChI is InChI=1S/C11H12ClN3O/c1-8-7-13-6-4-9(8)11-14-10(16-15-11)3-2-5-12/h4,6-7H,2-3,5H2,1H3. The molecule has 0 radical (unpaired) electrons. The summed E-state index contributed by atoms with van der Waals surface area (Å²) in [6.07, 6.45) is 5.07. The lowest BCUT2D eigenvalue weighted by Gasteiger charge is -1.97. The van der Waals surface area contributed by atoms with Crippen LogP contribution in [-0.2, 0) is 6.42 Å². The molecule has 0 atom stereocenters. The van der Waals surface area contributed by atoms with Gasteiger partial charge in [-0.2, -0.15) is 4.98 Å². The van der Waals surface area contributed by atoms with Gasteiger partial charge in [0.15, 0.2) is 0 Å². The van der Waals surface area contributed by atoms with Crippen molar-refractivity contribution in [2.75, 3.05) is 5.88 Å². The Morgan fingerprint density at radius 3 is 3.06 bits per heavy atom. The van der Waals surface area contributed by atoms with E-state index >= 15 is 0 Å². The summed E-state index contributed by atoms with van der Waals surface area (Å²) in [5, 5.41) is 3.94. The molecule has 0 saturated heterocycles. The third-order valence-corrected chi connectivity index (χ3v) is 2.52. The Balaban J connectivity index is 2.22. The minimum Gasteiger partial charge on any atom is -0.339 e. The topological polar surface area (TPSA) is 51.8 Å². The van der Waals surface area contributed by atoms with Gasteiger partial charge in [0.1, 0.15) is 0 Å². The SMILES string of the molecule is Cc1cnccc1-c1noc(CCCCl)n1. The largest absolute Gasteiger partial charge is 0.339 e. The molecule has 0 fully saturated rings. The molecule has 5 heteroatoms. The van der Waals surface area contributed by atoms with Crippen LogP contribution in [0.1, 0.15) is 17.9 Å². The van der Waals surface area contributed by atoms with Gasteiger partial charge >= 0.3 is 0 Å². The first-order valence-electron chi connectivity index (χ1n) is 5.11. The molecule has 0 aliphatic heterocycles. The molecule has 2 aromatic heterocycles. The molecule has 0 bridgehead atoms. The van der Waals surface area contributed by atoms with Gasteiger partial charge in [0.2, 0.25) is 11.7 Å². The maximum Gasteiger partial charge on any atom is 0.227 e. The first kappa shape index (κ1) is 11.1. The van der Waals surface area contributed by atoms with Crippen molar-refractivity contribution in [2.24, 2.45) is 0 Å². The van der Waals surface area contributed by atoms with E-state index in [0.29, 0.717) is 17.6 Å². The van der Waals surface area contributed by atoms with Crippen LogP contribution < -0.4 is 0 Å². The van der Waals surface area contributed by atoms with Gasteiger partial charge in [0, 0.05) is 30.3 Å². The van der Waals surface area contributed by atoms with E-state index in [-0.39, 0.29) is 0 Å². The van der Waals surface area contributed by atoms with E-state index in [2.05, 4.69) is 15.1 Å². The van der Waals surface area contributed by atoms with E-state index in [1.807, 2.05) is 13.0 Å². The molecule has 0 unspecified atom stereocenters. The number of halogens is 1. The van der Waals surface area contributed by atoms with E-state index in [1.54, 1.807) is 12.4 Å². The summed E-state index contributed by atoms with van der Waals surface area (Å²) >= 11 is 5.60. The molecule has 0 aromatic carbocycles. The van der Waals surface area contributed by atoms with Gasteiger partial charge in [0.05, 0.1) is 0 Å². The fourth-order valence-electron chi connectivity index (χ4n) is 1.41. The normalized spacial score (nSPS) is 10.6. The molecule has 4 nitrogen and oxygen atoms in total. The Morgan fingerprint density at radius 1 is 1.44 bits per heavy atom. The molecule has 0 aliphatic carbocycles. The average Bonchev–Trinajstić information content (AvgIpc) is 2.75. The van der Waals surface area contributed by atoms with Crippen molar-refractivity contribution in [3.05, 3.63) is 29.9 Å². The first-order chi connectivity index (χ1) is 7.81. The van der Waals surface area contributed by atoms with Crippen molar-refractivity contribution < 1.29 is 4.52 Å².